The number of aliphatic hydroxyl groups excluding tert-OH is 1. The van der Waals surface area contributed by atoms with Gasteiger partial charge in [-0.2, -0.15) is 0 Å². The Hall–Kier alpha value is -1.05. The molecule has 2 heterocycles. The van der Waals surface area contributed by atoms with E-state index in [0.717, 1.165) is 34.1 Å². The lowest BCUT2D eigenvalue weighted by atomic mass is 10.2. The van der Waals surface area contributed by atoms with Crippen molar-refractivity contribution >= 4 is 24.0 Å². The summed E-state index contributed by atoms with van der Waals surface area (Å²) in [4.78, 5) is 4.62. The summed E-state index contributed by atoms with van der Waals surface area (Å²) >= 11 is 3.50. The van der Waals surface area contributed by atoms with Gasteiger partial charge in [0, 0.05) is 10.6 Å². The largest absolute Gasteiger partial charge is 0.390 e. The molecule has 0 spiro atoms. The van der Waals surface area contributed by atoms with Crippen molar-refractivity contribution in [3.05, 3.63) is 28.0 Å². The summed E-state index contributed by atoms with van der Waals surface area (Å²) < 4.78 is 2.82. The van der Waals surface area contributed by atoms with Crippen LogP contribution >= 0.6 is 15.9 Å². The molecule has 0 saturated carbocycles. The highest BCUT2D eigenvalue weighted by atomic mass is 79.9. The lowest BCUT2D eigenvalue weighted by molar-refractivity contribution is 0.270. The van der Waals surface area contributed by atoms with Crippen molar-refractivity contribution in [3.63, 3.8) is 0 Å². The molecule has 2 aromatic rings. The maximum absolute atomic E-state index is 9.70. The van der Waals surface area contributed by atoms with Crippen LogP contribution in [0, 0.1) is 0 Å². The summed E-state index contributed by atoms with van der Waals surface area (Å²) in [5.74, 6) is 0. The van der Waals surface area contributed by atoms with E-state index in [0.29, 0.717) is 5.69 Å². The van der Waals surface area contributed by atoms with Gasteiger partial charge in [-0.1, -0.05) is 31.8 Å². The molecule has 2 aromatic heterocycles. The number of halogens is 1. The third-order valence-electron chi connectivity index (χ3n) is 3.11. The van der Waals surface area contributed by atoms with Crippen LogP contribution in [0.5, 0.6) is 0 Å². The lowest BCUT2D eigenvalue weighted by Crippen LogP contribution is -2.29. The molecule has 0 amide bonds. The van der Waals surface area contributed by atoms with E-state index in [-0.39, 0.29) is 6.61 Å². The predicted molar refractivity (Wildman–Crippen MR) is 89.6 cm³/mol. The zero-order valence-corrected chi connectivity index (χ0v) is 15.5. The smallest absolute Gasteiger partial charge is 0.137 e. The fourth-order valence-electron chi connectivity index (χ4n) is 2.13. The SMILES string of the molecule is CCc1nc(-c2nnn(C[Si](C)(C)C)c2CO)ccc1Br. The summed E-state index contributed by atoms with van der Waals surface area (Å²) in [6, 6.07) is 3.88. The minimum atomic E-state index is -1.34. The van der Waals surface area contributed by atoms with E-state index < -0.39 is 8.07 Å². The van der Waals surface area contributed by atoms with Gasteiger partial charge in [0.15, 0.2) is 0 Å². The second-order valence-corrected chi connectivity index (χ2v) is 12.5. The minimum absolute atomic E-state index is 0.0774. The number of aromatic nitrogens is 4. The fourth-order valence-corrected chi connectivity index (χ4v) is 3.78. The molecule has 0 fully saturated rings. The van der Waals surface area contributed by atoms with E-state index in [1.807, 2.05) is 16.8 Å². The maximum Gasteiger partial charge on any atom is 0.137 e. The molecule has 0 aromatic carbocycles. The molecule has 7 heteroatoms. The number of rotatable bonds is 5. The van der Waals surface area contributed by atoms with E-state index in [9.17, 15) is 5.11 Å². The average Bonchev–Trinajstić information content (AvgIpc) is 2.79. The highest BCUT2D eigenvalue weighted by Crippen LogP contribution is 2.24. The van der Waals surface area contributed by atoms with Crippen LogP contribution in [0.4, 0.5) is 0 Å². The van der Waals surface area contributed by atoms with Gasteiger partial charge in [0.25, 0.3) is 0 Å². The molecule has 0 bridgehead atoms. The van der Waals surface area contributed by atoms with Crippen molar-refractivity contribution in [2.45, 2.75) is 45.8 Å². The van der Waals surface area contributed by atoms with Gasteiger partial charge < -0.3 is 5.11 Å². The molecular weight excluding hydrogens is 348 g/mol. The van der Waals surface area contributed by atoms with Gasteiger partial charge in [0.05, 0.1) is 31.8 Å². The molecule has 0 atom stereocenters. The van der Waals surface area contributed by atoms with Crippen molar-refractivity contribution in [1.82, 2.24) is 20.0 Å². The minimum Gasteiger partial charge on any atom is -0.390 e. The van der Waals surface area contributed by atoms with Crippen LogP contribution in [0.15, 0.2) is 16.6 Å². The summed E-state index contributed by atoms with van der Waals surface area (Å²) in [5, 5.41) is 18.2. The van der Waals surface area contributed by atoms with Gasteiger partial charge in [-0.3, -0.25) is 0 Å². The highest BCUT2D eigenvalue weighted by Gasteiger charge is 2.21. The second-order valence-electron chi connectivity index (χ2n) is 6.24. The third-order valence-corrected chi connectivity index (χ3v) is 5.08. The number of hydrogen-bond acceptors (Lipinski definition) is 4. The number of aliphatic hydroxyl groups is 1. The van der Waals surface area contributed by atoms with Crippen LogP contribution in [0.1, 0.15) is 18.3 Å². The second kappa shape index (κ2) is 6.37. The lowest BCUT2D eigenvalue weighted by Gasteiger charge is -2.16. The van der Waals surface area contributed by atoms with Gasteiger partial charge in [-0.15, -0.1) is 5.10 Å². The molecule has 5 nitrogen and oxygen atoms in total. The Morgan fingerprint density at radius 3 is 2.57 bits per heavy atom. The van der Waals surface area contributed by atoms with Crippen LogP contribution in [0.2, 0.25) is 19.6 Å². The zero-order chi connectivity index (χ0) is 15.6. The molecule has 114 valence electrons. The monoisotopic (exact) mass is 368 g/mol. The van der Waals surface area contributed by atoms with E-state index >= 15 is 0 Å². The van der Waals surface area contributed by atoms with Crippen LogP contribution in [-0.2, 0) is 19.2 Å². The van der Waals surface area contributed by atoms with E-state index in [4.69, 9.17) is 0 Å². The zero-order valence-electron chi connectivity index (χ0n) is 12.9. The van der Waals surface area contributed by atoms with Crippen molar-refractivity contribution in [2.24, 2.45) is 0 Å². The fraction of sp³-hybridized carbons (Fsp3) is 0.500. The molecule has 2 rings (SSSR count). The van der Waals surface area contributed by atoms with Crippen molar-refractivity contribution < 1.29 is 5.11 Å². The molecule has 0 radical (unpaired) electrons. The van der Waals surface area contributed by atoms with Gasteiger partial charge >= 0.3 is 0 Å². The van der Waals surface area contributed by atoms with Gasteiger partial charge in [0.2, 0.25) is 0 Å². The molecule has 0 aliphatic rings. The van der Waals surface area contributed by atoms with Crippen LogP contribution < -0.4 is 0 Å². The Kier molecular flexibility index (Phi) is 4.95. The predicted octanol–water partition coefficient (Wildman–Crippen LogP) is 3.03. The van der Waals surface area contributed by atoms with Crippen LogP contribution in [0.3, 0.4) is 0 Å². The molecule has 0 unspecified atom stereocenters. The van der Waals surface area contributed by atoms with Crippen molar-refractivity contribution in [1.29, 1.82) is 0 Å². The summed E-state index contributed by atoms with van der Waals surface area (Å²) in [7, 11) is -1.34. The van der Waals surface area contributed by atoms with E-state index in [1.165, 1.54) is 0 Å². The molecule has 0 aliphatic carbocycles. The van der Waals surface area contributed by atoms with E-state index in [1.54, 1.807) is 0 Å². The standard InChI is InChI=1S/C14H21BrN4OSi/c1-5-11-10(15)6-7-12(16-11)14-13(8-20)19(18-17-14)9-21(2,3)4/h6-7,20H,5,8-9H2,1-4H3. The number of hydrogen-bond donors (Lipinski definition) is 1. The number of nitrogens with zero attached hydrogens (tertiary/aromatic N) is 4. The molecular formula is C14H21BrN4OSi. The van der Waals surface area contributed by atoms with Crippen molar-refractivity contribution in [3.8, 4) is 11.4 Å². The Morgan fingerprint density at radius 2 is 2.00 bits per heavy atom. The molecule has 1 N–H and O–H groups in total. The normalized spacial score (nSPS) is 11.9. The number of aryl methyl sites for hydroxylation is 1. The third kappa shape index (κ3) is 3.78. The summed E-state index contributed by atoms with van der Waals surface area (Å²) in [5.41, 5.74) is 3.17. The number of pyridine rings is 1. The Morgan fingerprint density at radius 1 is 1.29 bits per heavy atom. The van der Waals surface area contributed by atoms with Gasteiger partial charge in [0.1, 0.15) is 5.69 Å². The molecule has 0 aliphatic heterocycles. The Labute approximate surface area is 134 Å². The summed E-state index contributed by atoms with van der Waals surface area (Å²) in [6.45, 7) is 8.78. The van der Waals surface area contributed by atoms with E-state index in [2.05, 4.69) is 57.8 Å². The maximum atomic E-state index is 9.70. The van der Waals surface area contributed by atoms with Gasteiger partial charge in [-0.25, -0.2) is 9.67 Å². The van der Waals surface area contributed by atoms with Crippen LogP contribution in [0.25, 0.3) is 11.4 Å². The van der Waals surface area contributed by atoms with Crippen molar-refractivity contribution in [2.75, 3.05) is 0 Å². The van der Waals surface area contributed by atoms with Gasteiger partial charge in [-0.05, 0) is 34.5 Å². The first kappa shape index (κ1) is 16.3. The first-order chi connectivity index (χ1) is 9.85. The molecule has 0 saturated heterocycles. The summed E-state index contributed by atoms with van der Waals surface area (Å²) in [6.07, 6.45) is 1.68. The Balaban J connectivity index is 2.45. The Bertz CT molecular complexity index is 636. The molecule has 21 heavy (non-hydrogen) atoms. The topological polar surface area (TPSA) is 63.8 Å². The first-order valence-electron chi connectivity index (χ1n) is 7.04. The average molecular weight is 369 g/mol. The highest BCUT2D eigenvalue weighted by molar-refractivity contribution is 9.10. The first-order valence-corrected chi connectivity index (χ1v) is 11.5. The van der Waals surface area contributed by atoms with Crippen LogP contribution in [-0.4, -0.2) is 33.2 Å². The quantitative estimate of drug-likeness (QED) is 0.823.